The number of rotatable bonds is 3. The summed E-state index contributed by atoms with van der Waals surface area (Å²) in [6.07, 6.45) is 1.92. The molecule has 2 aromatic carbocycles. The number of amides is 2. The number of thiophene rings is 1. The topological polar surface area (TPSA) is 49.4 Å². The maximum Gasteiger partial charge on any atom is 0.258 e. The SMILES string of the molecule is Cc1ccc(C(=O)Nc2ccc3c(c2)/C(=C/c2ccc(C)s2)C(=O)N3C)cc1. The number of nitrogens with zero attached hydrogens (tertiary/aromatic N) is 1. The van der Waals surface area contributed by atoms with Gasteiger partial charge in [0.2, 0.25) is 0 Å². The van der Waals surface area contributed by atoms with E-state index in [1.165, 1.54) is 4.88 Å². The molecule has 2 heterocycles. The molecule has 0 unspecified atom stereocenters. The molecule has 3 aromatic rings. The molecule has 1 N–H and O–H groups in total. The van der Waals surface area contributed by atoms with Gasteiger partial charge >= 0.3 is 0 Å². The Hall–Kier alpha value is -3.18. The molecule has 0 atom stereocenters. The van der Waals surface area contributed by atoms with E-state index < -0.39 is 0 Å². The summed E-state index contributed by atoms with van der Waals surface area (Å²) in [5.74, 6) is -0.208. The number of carbonyl (C=O) groups is 2. The number of hydrogen-bond acceptors (Lipinski definition) is 3. The molecular formula is C23H20N2O2S. The molecule has 0 saturated heterocycles. The fraction of sp³-hybridized carbons (Fsp3) is 0.130. The minimum absolute atomic E-state index is 0.0388. The van der Waals surface area contributed by atoms with Gasteiger partial charge in [-0.3, -0.25) is 9.59 Å². The Labute approximate surface area is 168 Å². The van der Waals surface area contributed by atoms with Crippen molar-refractivity contribution in [1.29, 1.82) is 0 Å². The van der Waals surface area contributed by atoms with Crippen molar-refractivity contribution in [3.8, 4) is 0 Å². The third kappa shape index (κ3) is 3.37. The van der Waals surface area contributed by atoms with Crippen LogP contribution < -0.4 is 10.2 Å². The lowest BCUT2D eigenvalue weighted by Crippen LogP contribution is -2.20. The summed E-state index contributed by atoms with van der Waals surface area (Å²) in [6.45, 7) is 4.03. The van der Waals surface area contributed by atoms with Crippen LogP contribution in [-0.2, 0) is 4.79 Å². The molecule has 28 heavy (non-hydrogen) atoms. The van der Waals surface area contributed by atoms with Gasteiger partial charge in [-0.05, 0) is 62.4 Å². The van der Waals surface area contributed by atoms with Crippen LogP contribution in [0.3, 0.4) is 0 Å². The van der Waals surface area contributed by atoms with Crippen molar-refractivity contribution in [2.24, 2.45) is 0 Å². The maximum absolute atomic E-state index is 12.7. The highest BCUT2D eigenvalue weighted by molar-refractivity contribution is 7.12. The standard InChI is InChI=1S/C23H20N2O2S/c1-14-4-7-16(8-5-14)22(26)24-17-9-11-21-19(12-17)20(23(27)25(21)3)13-18-10-6-15(2)28-18/h4-13H,1-3H3,(H,24,26)/b20-13-. The largest absolute Gasteiger partial charge is 0.322 e. The number of anilines is 2. The number of likely N-dealkylation sites (N-methyl/N-ethyl adjacent to an activating group) is 1. The molecule has 0 saturated carbocycles. The lowest BCUT2D eigenvalue weighted by Gasteiger charge is -2.10. The summed E-state index contributed by atoms with van der Waals surface area (Å²) in [6, 6.07) is 17.1. The second kappa shape index (κ2) is 7.09. The number of fused-ring (bicyclic) bond motifs is 1. The van der Waals surface area contributed by atoms with Gasteiger partial charge in [-0.15, -0.1) is 11.3 Å². The molecule has 1 aliphatic heterocycles. The number of benzene rings is 2. The summed E-state index contributed by atoms with van der Waals surface area (Å²) in [4.78, 5) is 29.1. The van der Waals surface area contributed by atoms with Crippen LogP contribution in [0.4, 0.5) is 11.4 Å². The quantitative estimate of drug-likeness (QED) is 0.632. The molecule has 140 valence electrons. The van der Waals surface area contributed by atoms with Gasteiger partial charge in [-0.1, -0.05) is 17.7 Å². The molecule has 4 rings (SSSR count). The van der Waals surface area contributed by atoms with Crippen LogP contribution in [0.1, 0.15) is 31.2 Å². The third-order valence-electron chi connectivity index (χ3n) is 4.80. The van der Waals surface area contributed by atoms with Crippen molar-refractivity contribution in [1.82, 2.24) is 0 Å². The highest BCUT2D eigenvalue weighted by Gasteiger charge is 2.30. The van der Waals surface area contributed by atoms with E-state index in [0.29, 0.717) is 16.8 Å². The van der Waals surface area contributed by atoms with E-state index in [4.69, 9.17) is 0 Å². The Morgan fingerprint density at radius 3 is 2.46 bits per heavy atom. The molecule has 0 radical (unpaired) electrons. The van der Waals surface area contributed by atoms with Gasteiger partial charge in [0.05, 0.1) is 11.3 Å². The smallest absolute Gasteiger partial charge is 0.258 e. The second-order valence-electron chi connectivity index (χ2n) is 6.92. The maximum atomic E-state index is 12.7. The van der Waals surface area contributed by atoms with Crippen molar-refractivity contribution in [2.45, 2.75) is 13.8 Å². The molecule has 2 amide bonds. The molecule has 1 aromatic heterocycles. The molecular weight excluding hydrogens is 368 g/mol. The van der Waals surface area contributed by atoms with Crippen LogP contribution in [-0.4, -0.2) is 18.9 Å². The Balaban J connectivity index is 1.67. The van der Waals surface area contributed by atoms with Crippen LogP contribution in [0.15, 0.2) is 54.6 Å². The van der Waals surface area contributed by atoms with Gasteiger partial charge in [-0.2, -0.15) is 0 Å². The van der Waals surface area contributed by atoms with Gasteiger partial charge in [-0.25, -0.2) is 0 Å². The fourth-order valence-corrected chi connectivity index (χ4v) is 4.07. The van der Waals surface area contributed by atoms with Crippen LogP contribution >= 0.6 is 11.3 Å². The lowest BCUT2D eigenvalue weighted by molar-refractivity contribution is -0.112. The van der Waals surface area contributed by atoms with E-state index >= 15 is 0 Å². The zero-order valence-electron chi connectivity index (χ0n) is 15.9. The Morgan fingerprint density at radius 1 is 1.04 bits per heavy atom. The van der Waals surface area contributed by atoms with E-state index in [1.54, 1.807) is 35.4 Å². The fourth-order valence-electron chi connectivity index (χ4n) is 3.25. The van der Waals surface area contributed by atoms with Crippen molar-refractivity contribution < 1.29 is 9.59 Å². The molecule has 4 nitrogen and oxygen atoms in total. The predicted molar refractivity (Wildman–Crippen MR) is 116 cm³/mol. The summed E-state index contributed by atoms with van der Waals surface area (Å²) in [5.41, 5.74) is 4.70. The summed E-state index contributed by atoms with van der Waals surface area (Å²) in [5, 5.41) is 2.93. The highest BCUT2D eigenvalue weighted by Crippen LogP contribution is 2.39. The third-order valence-corrected chi connectivity index (χ3v) is 5.75. The Bertz CT molecular complexity index is 1110. The average molecular weight is 388 g/mol. The van der Waals surface area contributed by atoms with Gasteiger partial charge < -0.3 is 10.2 Å². The van der Waals surface area contributed by atoms with Crippen LogP contribution in [0.5, 0.6) is 0 Å². The predicted octanol–water partition coefficient (Wildman–Crippen LogP) is 5.13. The van der Waals surface area contributed by atoms with Gasteiger partial charge in [0, 0.05) is 33.6 Å². The minimum Gasteiger partial charge on any atom is -0.322 e. The van der Waals surface area contributed by atoms with Crippen LogP contribution in [0, 0.1) is 13.8 Å². The van der Waals surface area contributed by atoms with Crippen molar-refractivity contribution >= 4 is 46.2 Å². The van der Waals surface area contributed by atoms with Gasteiger partial charge in [0.25, 0.3) is 11.8 Å². The van der Waals surface area contributed by atoms with Crippen LogP contribution in [0.2, 0.25) is 0 Å². The van der Waals surface area contributed by atoms with Crippen LogP contribution in [0.25, 0.3) is 11.6 Å². The molecule has 0 aliphatic carbocycles. The first kappa shape index (κ1) is 18.2. The van der Waals surface area contributed by atoms with E-state index in [1.807, 2.05) is 62.4 Å². The first-order valence-electron chi connectivity index (χ1n) is 9.01. The number of carbonyl (C=O) groups excluding carboxylic acids is 2. The first-order valence-corrected chi connectivity index (χ1v) is 9.82. The molecule has 5 heteroatoms. The summed E-state index contributed by atoms with van der Waals surface area (Å²) >= 11 is 1.65. The number of aryl methyl sites for hydroxylation is 2. The van der Waals surface area contributed by atoms with Gasteiger partial charge in [0.1, 0.15) is 0 Å². The molecule has 1 aliphatic rings. The molecule has 0 bridgehead atoms. The van der Waals surface area contributed by atoms with Gasteiger partial charge in [0.15, 0.2) is 0 Å². The summed E-state index contributed by atoms with van der Waals surface area (Å²) < 4.78 is 0. The van der Waals surface area contributed by atoms with Crippen molar-refractivity contribution in [3.05, 3.63) is 81.0 Å². The number of hydrogen-bond donors (Lipinski definition) is 1. The molecule has 0 fully saturated rings. The first-order chi connectivity index (χ1) is 13.4. The van der Waals surface area contributed by atoms with E-state index in [0.717, 1.165) is 21.7 Å². The Kier molecular flexibility index (Phi) is 4.61. The van der Waals surface area contributed by atoms with E-state index in [-0.39, 0.29) is 11.8 Å². The van der Waals surface area contributed by atoms with E-state index in [2.05, 4.69) is 5.32 Å². The normalized spacial score (nSPS) is 14.5. The van der Waals surface area contributed by atoms with Crippen molar-refractivity contribution in [2.75, 3.05) is 17.3 Å². The molecule has 0 spiro atoms. The average Bonchev–Trinajstić information content (AvgIpc) is 3.19. The van der Waals surface area contributed by atoms with Crippen molar-refractivity contribution in [3.63, 3.8) is 0 Å². The Morgan fingerprint density at radius 2 is 1.79 bits per heavy atom. The highest BCUT2D eigenvalue weighted by atomic mass is 32.1. The summed E-state index contributed by atoms with van der Waals surface area (Å²) in [7, 11) is 1.77. The zero-order valence-corrected chi connectivity index (χ0v) is 16.8. The lowest BCUT2D eigenvalue weighted by atomic mass is 10.1. The minimum atomic E-state index is -0.169. The zero-order chi connectivity index (χ0) is 19.8. The van der Waals surface area contributed by atoms with E-state index in [9.17, 15) is 9.59 Å². The number of nitrogens with one attached hydrogen (secondary N) is 1. The second-order valence-corrected chi connectivity index (χ2v) is 8.24. The monoisotopic (exact) mass is 388 g/mol.